The van der Waals surface area contributed by atoms with E-state index < -0.39 is 34.8 Å². The summed E-state index contributed by atoms with van der Waals surface area (Å²) in [5, 5.41) is 0. The van der Waals surface area contributed by atoms with Crippen LogP contribution >= 0.6 is 19.9 Å². The van der Waals surface area contributed by atoms with Crippen LogP contribution < -0.4 is 0 Å². The van der Waals surface area contributed by atoms with E-state index in [0.29, 0.717) is 0 Å². The van der Waals surface area contributed by atoms with Crippen molar-refractivity contribution in [2.45, 2.75) is 73.4 Å². The molecule has 0 aliphatic heterocycles. The number of halogens is 2. The first-order valence-corrected chi connectivity index (χ1v) is 26.9. The van der Waals surface area contributed by atoms with Gasteiger partial charge in [-0.15, -0.1) is 0 Å². The average Bonchev–Trinajstić information content (AvgIpc) is 1.62. The molecule has 0 rings (SSSR count). The van der Waals surface area contributed by atoms with Crippen LogP contribution in [0.3, 0.4) is 0 Å². The third-order valence-corrected chi connectivity index (χ3v) is 49.4. The normalized spacial score (nSPS) is 17.4. The van der Waals surface area contributed by atoms with E-state index in [4.69, 9.17) is 19.9 Å². The molecule has 0 fully saturated rings. The van der Waals surface area contributed by atoms with Crippen molar-refractivity contribution in [3.8, 4) is 0 Å². The molecule has 0 saturated carbocycles. The van der Waals surface area contributed by atoms with Gasteiger partial charge in [-0.3, -0.25) is 0 Å². The fourth-order valence-electron chi connectivity index (χ4n) is 3.26. The molecule has 0 atom stereocenters. The molecule has 0 aromatic heterocycles. The van der Waals surface area contributed by atoms with Crippen LogP contribution in [-0.2, 0) is 0 Å². The zero-order valence-corrected chi connectivity index (χ0v) is 20.2. The molecule has 0 N–H and O–H groups in total. The van der Waals surface area contributed by atoms with E-state index >= 15 is 0 Å². The fraction of sp³-hybridized carbons (Fsp3) is 1.00. The summed E-state index contributed by atoms with van der Waals surface area (Å²) in [6.07, 6.45) is 0. The summed E-state index contributed by atoms with van der Waals surface area (Å²) >= 11 is 0. The predicted octanol–water partition coefficient (Wildman–Crippen LogP) is 6.49. The van der Waals surface area contributed by atoms with Crippen LogP contribution in [0, 0.1) is 0 Å². The van der Waals surface area contributed by atoms with Crippen molar-refractivity contribution in [3.05, 3.63) is 0 Å². The van der Waals surface area contributed by atoms with Gasteiger partial charge in [-0.05, 0) is 0 Å². The standard InChI is InChI=1S/C12H33AsCl2Si3/c1-16(2,3)10-13(14,15,11-17(4,5)6)12-18(7,8)9/h10-12H2,1-9H3. The van der Waals surface area contributed by atoms with Gasteiger partial charge in [-0.25, -0.2) is 0 Å². The van der Waals surface area contributed by atoms with Crippen LogP contribution in [0.2, 0.25) is 73.4 Å². The van der Waals surface area contributed by atoms with Crippen molar-refractivity contribution < 1.29 is 0 Å². The molecule has 6 heteroatoms. The predicted molar refractivity (Wildman–Crippen MR) is 102 cm³/mol. The van der Waals surface area contributed by atoms with Crippen molar-refractivity contribution in [1.82, 2.24) is 0 Å². The Morgan fingerprint density at radius 3 is 0.833 bits per heavy atom. The van der Waals surface area contributed by atoms with Crippen LogP contribution in [0.15, 0.2) is 0 Å². The molecule has 0 aromatic rings. The Hall–Kier alpha value is 1.79. The van der Waals surface area contributed by atoms with E-state index in [1.165, 1.54) is 14.5 Å². The summed E-state index contributed by atoms with van der Waals surface area (Å²) in [5.41, 5.74) is 0. The van der Waals surface area contributed by atoms with E-state index in [0.717, 1.165) is 0 Å². The number of rotatable bonds is 6. The Labute approximate surface area is 127 Å². The van der Waals surface area contributed by atoms with Crippen LogP contribution in [0.1, 0.15) is 0 Å². The molecular formula is C12H33AsCl2Si3. The van der Waals surface area contributed by atoms with Gasteiger partial charge < -0.3 is 0 Å². The molecule has 0 bridgehead atoms. The molecule has 0 amide bonds. The second kappa shape index (κ2) is 5.53. The van der Waals surface area contributed by atoms with Crippen molar-refractivity contribution >= 4 is 54.7 Å². The molecule has 0 nitrogen and oxygen atoms in total. The average molecular weight is 407 g/mol. The molecule has 0 spiro atoms. The Bertz CT molecular complexity index is 250. The third kappa shape index (κ3) is 9.66. The Kier molecular flexibility index (Phi) is 6.08. The van der Waals surface area contributed by atoms with Gasteiger partial charge in [0.1, 0.15) is 0 Å². The molecular weight excluding hydrogens is 374 g/mol. The maximum absolute atomic E-state index is 7.30. The van der Waals surface area contributed by atoms with E-state index in [1.54, 1.807) is 0 Å². The van der Waals surface area contributed by atoms with Gasteiger partial charge in [-0.1, -0.05) is 0 Å². The first-order chi connectivity index (χ1) is 7.40. The van der Waals surface area contributed by atoms with E-state index in [-0.39, 0.29) is 0 Å². The Balaban J connectivity index is 5.38. The summed E-state index contributed by atoms with van der Waals surface area (Å²) in [5.74, 6) is 0. The molecule has 18 heavy (non-hydrogen) atoms. The number of hydrogen-bond donors (Lipinski definition) is 0. The molecule has 0 radical (unpaired) electrons. The van der Waals surface area contributed by atoms with E-state index in [9.17, 15) is 0 Å². The topological polar surface area (TPSA) is 0 Å². The van der Waals surface area contributed by atoms with Crippen molar-refractivity contribution in [3.63, 3.8) is 0 Å². The monoisotopic (exact) mass is 406 g/mol. The summed E-state index contributed by atoms with van der Waals surface area (Å²) in [6.45, 7) is 21.8. The Morgan fingerprint density at radius 2 is 0.722 bits per heavy atom. The fourth-order valence-corrected chi connectivity index (χ4v) is 89.5. The maximum atomic E-state index is 7.30. The molecule has 0 aliphatic carbocycles. The van der Waals surface area contributed by atoms with Gasteiger partial charge >= 0.3 is 128 Å². The summed E-state index contributed by atoms with van der Waals surface area (Å²) in [4.78, 5) is 3.59. The second-order valence-corrected chi connectivity index (χ2v) is 48.1. The van der Waals surface area contributed by atoms with Crippen molar-refractivity contribution in [2.24, 2.45) is 0 Å². The Morgan fingerprint density at radius 1 is 0.556 bits per heavy atom. The minimum absolute atomic E-state index is 1.20. The first-order valence-electron chi connectivity index (χ1n) is 6.85. The second-order valence-electron chi connectivity index (χ2n) is 9.61. The van der Waals surface area contributed by atoms with E-state index in [1.807, 2.05) is 0 Å². The SMILES string of the molecule is C[Si](C)(C)C[As](Cl)(Cl)(C[Si](C)(C)C)C[Si](C)(C)C. The molecule has 0 saturated heterocycles. The van der Waals surface area contributed by atoms with E-state index in [2.05, 4.69) is 58.9 Å². The first kappa shape index (κ1) is 19.8. The van der Waals surface area contributed by atoms with Gasteiger partial charge in [-0.2, -0.15) is 0 Å². The molecule has 0 unspecified atom stereocenters. The van der Waals surface area contributed by atoms with Gasteiger partial charge in [0.2, 0.25) is 0 Å². The van der Waals surface area contributed by atoms with Crippen molar-refractivity contribution in [1.29, 1.82) is 0 Å². The molecule has 0 aliphatic rings. The van der Waals surface area contributed by atoms with Crippen LogP contribution in [0.4, 0.5) is 0 Å². The minimum atomic E-state index is -3.12. The van der Waals surface area contributed by atoms with Gasteiger partial charge in [0, 0.05) is 0 Å². The molecule has 0 aromatic carbocycles. The zero-order valence-electron chi connectivity index (χ0n) is 13.8. The van der Waals surface area contributed by atoms with Crippen LogP contribution in [0.5, 0.6) is 0 Å². The van der Waals surface area contributed by atoms with Gasteiger partial charge in [0.05, 0.1) is 0 Å². The zero-order chi connectivity index (χ0) is 15.1. The summed E-state index contributed by atoms with van der Waals surface area (Å²) in [7, 11) is 7.86. The third-order valence-electron chi connectivity index (χ3n) is 2.45. The van der Waals surface area contributed by atoms with Crippen molar-refractivity contribution in [2.75, 3.05) is 0 Å². The molecule has 112 valence electrons. The molecule has 0 heterocycles. The quantitative estimate of drug-likeness (QED) is 0.441. The van der Waals surface area contributed by atoms with Crippen LogP contribution in [-0.4, -0.2) is 34.8 Å². The number of hydrogen-bond acceptors (Lipinski definition) is 0. The summed E-state index contributed by atoms with van der Waals surface area (Å²) < 4.78 is 0. The van der Waals surface area contributed by atoms with Gasteiger partial charge in [0.15, 0.2) is 0 Å². The summed E-state index contributed by atoms with van der Waals surface area (Å²) in [6, 6.07) is 0. The van der Waals surface area contributed by atoms with Crippen LogP contribution in [0.25, 0.3) is 0 Å². The van der Waals surface area contributed by atoms with Gasteiger partial charge in [0.25, 0.3) is 0 Å².